The lowest BCUT2D eigenvalue weighted by atomic mass is 9.75. The molecule has 6 heteroatoms. The monoisotopic (exact) mass is 382 g/mol. The number of aliphatic imine (C=N–C) groups is 1. The normalized spacial score (nSPS) is 20.1. The number of primary amides is 1. The molecular weight excluding hydrogens is 359 g/mol. The van der Waals surface area contributed by atoms with Gasteiger partial charge in [0, 0.05) is 18.2 Å². The van der Waals surface area contributed by atoms with Gasteiger partial charge < -0.3 is 15.6 Å². The van der Waals surface area contributed by atoms with Gasteiger partial charge in [0.2, 0.25) is 5.91 Å². The number of benzene rings is 2. The smallest absolute Gasteiger partial charge is 0.220 e. The molecule has 0 aromatic heterocycles. The Balaban J connectivity index is 1.70. The average molecular weight is 382 g/mol. The quantitative estimate of drug-likeness (QED) is 0.736. The van der Waals surface area contributed by atoms with Gasteiger partial charge in [0.15, 0.2) is 0 Å². The Labute approximate surface area is 163 Å². The van der Waals surface area contributed by atoms with Gasteiger partial charge >= 0.3 is 0 Å². The summed E-state index contributed by atoms with van der Waals surface area (Å²) in [6.07, 6.45) is 5.35. The van der Waals surface area contributed by atoms with Crippen LogP contribution in [0.3, 0.4) is 0 Å². The molecule has 3 N–H and O–H groups in total. The number of hydrogen-bond acceptors (Lipinski definition) is 4. The number of nitrogens with zero attached hydrogens (tertiary/aromatic N) is 1. The number of amides is 1. The highest BCUT2D eigenvalue weighted by molar-refractivity contribution is 5.78. The van der Waals surface area contributed by atoms with Gasteiger partial charge in [0.25, 0.3) is 0 Å². The van der Waals surface area contributed by atoms with Crippen molar-refractivity contribution in [1.29, 1.82) is 0 Å². The van der Waals surface area contributed by atoms with E-state index in [2.05, 4.69) is 4.99 Å². The summed E-state index contributed by atoms with van der Waals surface area (Å²) in [5, 5.41) is 10.9. The zero-order chi connectivity index (χ0) is 20.2. The van der Waals surface area contributed by atoms with Crippen LogP contribution in [0.1, 0.15) is 24.5 Å². The topological polar surface area (TPSA) is 84.9 Å². The number of aliphatic hydroxyl groups is 1. The van der Waals surface area contributed by atoms with Gasteiger partial charge in [0.05, 0.1) is 12.0 Å². The molecule has 0 radical (unpaired) electrons. The summed E-state index contributed by atoms with van der Waals surface area (Å²) in [6, 6.07) is 13.8. The second-order valence-corrected chi connectivity index (χ2v) is 7.18. The van der Waals surface area contributed by atoms with Crippen LogP contribution in [-0.4, -0.2) is 28.4 Å². The van der Waals surface area contributed by atoms with Crippen molar-refractivity contribution in [3.05, 3.63) is 77.6 Å². The minimum Gasteiger partial charge on any atom is -0.489 e. The number of hydrogen-bond donors (Lipinski definition) is 2. The van der Waals surface area contributed by atoms with E-state index in [1.807, 2.05) is 12.1 Å². The van der Waals surface area contributed by atoms with Crippen LogP contribution in [0.25, 0.3) is 0 Å². The Hall–Kier alpha value is -2.99. The van der Waals surface area contributed by atoms with E-state index in [4.69, 9.17) is 10.5 Å². The van der Waals surface area contributed by atoms with Crippen molar-refractivity contribution in [1.82, 2.24) is 0 Å². The first-order valence-corrected chi connectivity index (χ1v) is 9.00. The lowest BCUT2D eigenvalue weighted by molar-refractivity contribution is -0.124. The summed E-state index contributed by atoms with van der Waals surface area (Å²) >= 11 is 0. The highest BCUT2D eigenvalue weighted by Crippen LogP contribution is 2.36. The van der Waals surface area contributed by atoms with Gasteiger partial charge in [-0.15, -0.1) is 0 Å². The highest BCUT2D eigenvalue weighted by Gasteiger charge is 2.47. The maximum Gasteiger partial charge on any atom is 0.220 e. The molecule has 0 spiro atoms. The number of carbonyl (C=O) groups excluding carboxylic acids is 1. The number of rotatable bonds is 8. The summed E-state index contributed by atoms with van der Waals surface area (Å²) < 4.78 is 19.3. The summed E-state index contributed by atoms with van der Waals surface area (Å²) in [4.78, 5) is 15.8. The van der Waals surface area contributed by atoms with Gasteiger partial charge in [0.1, 0.15) is 23.7 Å². The van der Waals surface area contributed by atoms with Crippen molar-refractivity contribution in [3.63, 3.8) is 0 Å². The van der Waals surface area contributed by atoms with E-state index in [0.29, 0.717) is 17.7 Å². The third-order valence-electron chi connectivity index (χ3n) is 4.96. The predicted octanol–water partition coefficient (Wildman–Crippen LogP) is 2.95. The molecule has 0 fully saturated rings. The molecule has 0 saturated heterocycles. The molecule has 146 valence electrons. The van der Waals surface area contributed by atoms with E-state index in [-0.39, 0.29) is 18.8 Å². The minimum atomic E-state index is -1.41. The first-order valence-electron chi connectivity index (χ1n) is 9.00. The highest BCUT2D eigenvalue weighted by atomic mass is 19.1. The average Bonchev–Trinajstić information content (AvgIpc) is 3.12. The van der Waals surface area contributed by atoms with E-state index in [0.717, 1.165) is 5.56 Å². The first kappa shape index (κ1) is 19.8. The molecule has 1 aliphatic rings. The van der Waals surface area contributed by atoms with Gasteiger partial charge in [-0.3, -0.25) is 9.79 Å². The van der Waals surface area contributed by atoms with Crippen LogP contribution in [0, 0.1) is 5.82 Å². The molecule has 1 aliphatic heterocycles. The predicted molar refractivity (Wildman–Crippen MR) is 106 cm³/mol. The molecule has 5 nitrogen and oxygen atoms in total. The van der Waals surface area contributed by atoms with Gasteiger partial charge in [-0.25, -0.2) is 4.39 Å². The molecule has 0 saturated carbocycles. The summed E-state index contributed by atoms with van der Waals surface area (Å²) in [6.45, 7) is 1.70. The molecule has 2 aromatic rings. The van der Waals surface area contributed by atoms with E-state index in [9.17, 15) is 14.3 Å². The Morgan fingerprint density at radius 1 is 1.25 bits per heavy atom. The molecule has 1 heterocycles. The Morgan fingerprint density at radius 3 is 2.57 bits per heavy atom. The SMILES string of the molecule is CC(O)(CC(N)=O)C1(Cc2ccc(OCc3ccccc3F)cc2)C=CC=N1. The number of carbonyl (C=O) groups is 1. The van der Waals surface area contributed by atoms with Gasteiger partial charge in [-0.05, 0) is 36.8 Å². The second-order valence-electron chi connectivity index (χ2n) is 7.18. The number of ether oxygens (including phenoxy) is 1. The van der Waals surface area contributed by atoms with E-state index >= 15 is 0 Å². The first-order chi connectivity index (χ1) is 13.3. The molecule has 28 heavy (non-hydrogen) atoms. The fourth-order valence-corrected chi connectivity index (χ4v) is 3.32. The fraction of sp³-hybridized carbons (Fsp3) is 0.273. The van der Waals surface area contributed by atoms with Gasteiger partial charge in [-0.2, -0.15) is 0 Å². The van der Waals surface area contributed by atoms with Gasteiger partial charge in [-0.1, -0.05) is 36.4 Å². The Morgan fingerprint density at radius 2 is 1.96 bits per heavy atom. The van der Waals surface area contributed by atoms with Crippen LogP contribution < -0.4 is 10.5 Å². The van der Waals surface area contributed by atoms with E-state index < -0.39 is 17.0 Å². The summed E-state index contributed by atoms with van der Waals surface area (Å²) in [5.41, 5.74) is 4.31. The minimum absolute atomic E-state index is 0.135. The lowest BCUT2D eigenvalue weighted by Crippen LogP contribution is -2.52. The van der Waals surface area contributed by atoms with Crippen LogP contribution in [0.5, 0.6) is 5.75 Å². The number of nitrogens with two attached hydrogens (primary N) is 1. The zero-order valence-corrected chi connectivity index (χ0v) is 15.6. The standard InChI is InChI=1S/C22H23FN2O3/c1-21(27,14-20(24)26)22(11-4-12-25-22)13-16-7-9-18(10-8-16)28-15-17-5-2-3-6-19(17)23/h2-12,27H,13-15H2,1H3,(H2,24,26). The van der Waals surface area contributed by atoms with E-state index in [1.165, 1.54) is 6.07 Å². The third kappa shape index (κ3) is 4.28. The molecule has 0 bridgehead atoms. The molecular formula is C22H23FN2O3. The zero-order valence-electron chi connectivity index (χ0n) is 15.6. The number of allylic oxidation sites excluding steroid dienone is 1. The maximum atomic E-state index is 13.7. The van der Waals surface area contributed by atoms with Crippen molar-refractivity contribution < 1.29 is 19.0 Å². The summed E-state index contributed by atoms with van der Waals surface area (Å²) in [7, 11) is 0. The van der Waals surface area contributed by atoms with Crippen LogP contribution in [0.4, 0.5) is 4.39 Å². The van der Waals surface area contributed by atoms with Crippen molar-refractivity contribution >= 4 is 12.1 Å². The molecule has 2 unspecified atom stereocenters. The molecule has 2 aromatic carbocycles. The van der Waals surface area contributed by atoms with Crippen molar-refractivity contribution in [3.8, 4) is 5.75 Å². The maximum absolute atomic E-state index is 13.7. The molecule has 2 atom stereocenters. The van der Waals surface area contributed by atoms with Crippen LogP contribution in [0.15, 0.2) is 65.7 Å². The largest absolute Gasteiger partial charge is 0.489 e. The van der Waals surface area contributed by atoms with E-state index in [1.54, 1.807) is 55.6 Å². The van der Waals surface area contributed by atoms with Crippen LogP contribution >= 0.6 is 0 Å². The molecule has 0 aliphatic carbocycles. The molecule has 3 rings (SSSR count). The molecule has 1 amide bonds. The fourth-order valence-electron chi connectivity index (χ4n) is 3.32. The van der Waals surface area contributed by atoms with Crippen LogP contribution in [-0.2, 0) is 17.8 Å². The second kappa shape index (κ2) is 7.94. The van der Waals surface area contributed by atoms with Crippen molar-refractivity contribution in [2.24, 2.45) is 10.7 Å². The lowest BCUT2D eigenvalue weighted by Gasteiger charge is -2.38. The Bertz CT molecular complexity index is 892. The van der Waals surface area contributed by atoms with Crippen molar-refractivity contribution in [2.75, 3.05) is 0 Å². The number of halogens is 1. The third-order valence-corrected chi connectivity index (χ3v) is 4.96. The van der Waals surface area contributed by atoms with Crippen molar-refractivity contribution in [2.45, 2.75) is 37.5 Å². The van der Waals surface area contributed by atoms with Crippen LogP contribution in [0.2, 0.25) is 0 Å². The summed E-state index contributed by atoms with van der Waals surface area (Å²) in [5.74, 6) is -0.282. The Kier molecular flexibility index (Phi) is 5.61.